The van der Waals surface area contributed by atoms with Gasteiger partial charge in [0.1, 0.15) is 5.60 Å². The van der Waals surface area contributed by atoms with Crippen LogP contribution in [0.1, 0.15) is 58.4 Å². The molecule has 1 aromatic rings. The smallest absolute Gasteiger partial charge is 0.410 e. The molecule has 1 aliphatic heterocycles. The maximum Gasteiger partial charge on any atom is 0.410 e. The van der Waals surface area contributed by atoms with Gasteiger partial charge in [-0.1, -0.05) is 18.2 Å². The fraction of sp³-hybridized carbons (Fsp3) is 0.609. The third-order valence-corrected chi connectivity index (χ3v) is 5.18. The normalized spacial score (nSPS) is 18.6. The van der Waals surface area contributed by atoms with Crippen molar-refractivity contribution in [3.05, 3.63) is 29.8 Å². The zero-order valence-corrected chi connectivity index (χ0v) is 19.0. The lowest BCUT2D eigenvalue weighted by atomic mass is 9.91. The van der Waals surface area contributed by atoms with Crippen molar-refractivity contribution in [2.45, 2.75) is 64.5 Å². The minimum absolute atomic E-state index is 0.0225. The fourth-order valence-corrected chi connectivity index (χ4v) is 3.63. The third-order valence-electron chi connectivity index (χ3n) is 5.18. The molecule has 1 aliphatic carbocycles. The Morgan fingerprint density at radius 2 is 2.00 bits per heavy atom. The standard InChI is InChI=1S/C23H35N5O3/c1-5-24-21(25-12-13-28(17-10-11-17)22(30)31-23(2,3)4)26-15-16-14-20(29)27-19-9-7-6-8-18(16)19/h6-9,16-17H,5,10-15H2,1-4H3,(H,27,29)(H2,24,25,26). The summed E-state index contributed by atoms with van der Waals surface area (Å²) in [6.07, 6.45) is 2.21. The van der Waals surface area contributed by atoms with Gasteiger partial charge in [-0.25, -0.2) is 4.79 Å². The van der Waals surface area contributed by atoms with E-state index < -0.39 is 5.60 Å². The number of benzene rings is 1. The lowest BCUT2D eigenvalue weighted by Crippen LogP contribution is -2.45. The Morgan fingerprint density at radius 1 is 1.26 bits per heavy atom. The number of amides is 2. The Bertz CT molecular complexity index is 814. The molecule has 3 N–H and O–H groups in total. The van der Waals surface area contributed by atoms with E-state index in [4.69, 9.17) is 9.73 Å². The lowest BCUT2D eigenvalue weighted by molar-refractivity contribution is -0.116. The summed E-state index contributed by atoms with van der Waals surface area (Å²) in [5, 5.41) is 9.49. The molecule has 1 saturated carbocycles. The second kappa shape index (κ2) is 10.0. The maximum absolute atomic E-state index is 12.5. The molecule has 3 rings (SSSR count). The molecule has 1 aromatic carbocycles. The molecule has 1 unspecified atom stereocenters. The number of ether oxygens (including phenoxy) is 1. The molecule has 31 heavy (non-hydrogen) atoms. The largest absolute Gasteiger partial charge is 0.444 e. The number of fused-ring (bicyclic) bond motifs is 1. The Balaban J connectivity index is 1.57. The van der Waals surface area contributed by atoms with Gasteiger partial charge in [-0.15, -0.1) is 0 Å². The van der Waals surface area contributed by atoms with E-state index >= 15 is 0 Å². The van der Waals surface area contributed by atoms with Crippen LogP contribution in [0.25, 0.3) is 0 Å². The molecule has 0 spiro atoms. The topological polar surface area (TPSA) is 95.1 Å². The first-order chi connectivity index (χ1) is 14.8. The second-order valence-corrected chi connectivity index (χ2v) is 9.09. The molecular weight excluding hydrogens is 394 g/mol. The van der Waals surface area contributed by atoms with Gasteiger partial charge in [-0.2, -0.15) is 0 Å². The van der Waals surface area contributed by atoms with E-state index in [-0.39, 0.29) is 24.0 Å². The summed E-state index contributed by atoms with van der Waals surface area (Å²) in [5.74, 6) is 0.755. The number of nitrogens with one attached hydrogen (secondary N) is 3. The van der Waals surface area contributed by atoms with E-state index in [2.05, 4.69) is 16.0 Å². The summed E-state index contributed by atoms with van der Waals surface area (Å²) in [4.78, 5) is 31.1. The van der Waals surface area contributed by atoms with Gasteiger partial charge >= 0.3 is 6.09 Å². The van der Waals surface area contributed by atoms with Crippen molar-refractivity contribution in [3.63, 3.8) is 0 Å². The van der Waals surface area contributed by atoms with E-state index in [1.165, 1.54) is 0 Å². The zero-order valence-electron chi connectivity index (χ0n) is 19.0. The number of nitrogens with zero attached hydrogens (tertiary/aromatic N) is 2. The van der Waals surface area contributed by atoms with Crippen LogP contribution in [-0.4, -0.2) is 60.7 Å². The molecule has 0 radical (unpaired) electrons. The van der Waals surface area contributed by atoms with Gasteiger partial charge in [0.05, 0.1) is 6.54 Å². The van der Waals surface area contributed by atoms with Gasteiger partial charge in [0.15, 0.2) is 5.96 Å². The third kappa shape index (κ3) is 6.87. The molecule has 8 heteroatoms. The predicted octanol–water partition coefficient (Wildman–Crippen LogP) is 3.07. The van der Waals surface area contributed by atoms with E-state index in [1.54, 1.807) is 0 Å². The van der Waals surface area contributed by atoms with Crippen molar-refractivity contribution in [1.29, 1.82) is 0 Å². The summed E-state index contributed by atoms with van der Waals surface area (Å²) in [5.41, 5.74) is 1.48. The number of guanidine groups is 1. The van der Waals surface area contributed by atoms with Gasteiger partial charge in [0.2, 0.25) is 5.91 Å². The molecule has 170 valence electrons. The Morgan fingerprint density at radius 3 is 2.68 bits per heavy atom. The molecule has 0 bridgehead atoms. The molecule has 0 aromatic heterocycles. The summed E-state index contributed by atoms with van der Waals surface area (Å²) < 4.78 is 5.55. The SMILES string of the molecule is CCNC(=NCC1CC(=O)Nc2ccccc21)NCCN(C(=O)OC(C)(C)C)C1CC1. The molecule has 8 nitrogen and oxygen atoms in total. The van der Waals surface area contributed by atoms with E-state index in [1.807, 2.05) is 56.9 Å². The van der Waals surface area contributed by atoms with Crippen LogP contribution in [-0.2, 0) is 9.53 Å². The molecule has 2 aliphatic rings. The summed E-state index contributed by atoms with van der Waals surface area (Å²) in [6.45, 7) is 10.0. The highest BCUT2D eigenvalue weighted by Gasteiger charge is 2.34. The van der Waals surface area contributed by atoms with E-state index in [9.17, 15) is 9.59 Å². The zero-order chi connectivity index (χ0) is 22.4. The number of aliphatic imine (C=N–C) groups is 1. The first kappa shape index (κ1) is 22.9. The number of para-hydroxylation sites is 1. The first-order valence-corrected chi connectivity index (χ1v) is 11.2. The second-order valence-electron chi connectivity index (χ2n) is 9.09. The highest BCUT2D eigenvalue weighted by Crippen LogP contribution is 2.32. The summed E-state index contributed by atoms with van der Waals surface area (Å²) in [6, 6.07) is 8.15. The van der Waals surface area contributed by atoms with Crippen LogP contribution in [0.3, 0.4) is 0 Å². The number of hydrogen-bond acceptors (Lipinski definition) is 4. The molecule has 1 fully saturated rings. The fourth-order valence-electron chi connectivity index (χ4n) is 3.63. The Kier molecular flexibility index (Phi) is 7.41. The quantitative estimate of drug-likeness (QED) is 0.457. The van der Waals surface area contributed by atoms with Crippen LogP contribution < -0.4 is 16.0 Å². The predicted molar refractivity (Wildman–Crippen MR) is 122 cm³/mol. The number of hydrogen-bond donors (Lipinski definition) is 3. The monoisotopic (exact) mass is 429 g/mol. The van der Waals surface area contributed by atoms with Crippen LogP contribution in [0, 0.1) is 0 Å². The van der Waals surface area contributed by atoms with Crippen molar-refractivity contribution in [2.24, 2.45) is 4.99 Å². The van der Waals surface area contributed by atoms with E-state index in [0.717, 1.165) is 30.6 Å². The van der Waals surface area contributed by atoms with Crippen LogP contribution in [0.2, 0.25) is 0 Å². The minimum Gasteiger partial charge on any atom is -0.444 e. The molecule has 0 saturated heterocycles. The van der Waals surface area contributed by atoms with Gasteiger partial charge in [0.25, 0.3) is 0 Å². The van der Waals surface area contributed by atoms with Gasteiger partial charge < -0.3 is 25.6 Å². The molecular formula is C23H35N5O3. The van der Waals surface area contributed by atoms with Crippen LogP contribution in [0.5, 0.6) is 0 Å². The van der Waals surface area contributed by atoms with E-state index in [0.29, 0.717) is 32.0 Å². The van der Waals surface area contributed by atoms with Crippen molar-refractivity contribution in [1.82, 2.24) is 15.5 Å². The average molecular weight is 430 g/mol. The summed E-state index contributed by atoms with van der Waals surface area (Å²) >= 11 is 0. The van der Waals surface area contributed by atoms with Gasteiger partial charge in [0, 0.05) is 43.7 Å². The number of rotatable bonds is 7. The maximum atomic E-state index is 12.5. The van der Waals surface area contributed by atoms with Crippen molar-refractivity contribution >= 4 is 23.6 Å². The van der Waals surface area contributed by atoms with Crippen LogP contribution in [0.4, 0.5) is 10.5 Å². The molecule has 1 heterocycles. The minimum atomic E-state index is -0.503. The molecule has 1 atom stereocenters. The van der Waals surface area contributed by atoms with Crippen molar-refractivity contribution in [2.75, 3.05) is 31.5 Å². The van der Waals surface area contributed by atoms with Crippen LogP contribution in [0.15, 0.2) is 29.3 Å². The number of carbonyl (C=O) groups is 2. The van der Waals surface area contributed by atoms with Gasteiger partial charge in [-0.05, 0) is 52.2 Å². The Hall–Kier alpha value is -2.77. The molecule has 2 amide bonds. The number of anilines is 1. The van der Waals surface area contributed by atoms with Crippen molar-refractivity contribution < 1.29 is 14.3 Å². The van der Waals surface area contributed by atoms with Gasteiger partial charge in [-0.3, -0.25) is 9.79 Å². The number of carbonyl (C=O) groups excluding carboxylic acids is 2. The van der Waals surface area contributed by atoms with Crippen molar-refractivity contribution in [3.8, 4) is 0 Å². The lowest BCUT2D eigenvalue weighted by Gasteiger charge is -2.28. The average Bonchev–Trinajstić information content (AvgIpc) is 3.52. The Labute approximate surface area is 184 Å². The highest BCUT2D eigenvalue weighted by atomic mass is 16.6. The first-order valence-electron chi connectivity index (χ1n) is 11.2. The summed E-state index contributed by atoms with van der Waals surface area (Å²) in [7, 11) is 0. The highest BCUT2D eigenvalue weighted by molar-refractivity contribution is 5.94. The van der Waals surface area contributed by atoms with Crippen LogP contribution >= 0.6 is 0 Å².